The maximum Gasteiger partial charge on any atom is 0.316 e. The predicted molar refractivity (Wildman–Crippen MR) is 63.2 cm³/mol. The lowest BCUT2D eigenvalue weighted by molar-refractivity contribution is -0.385. The molecule has 8 heteroatoms. The summed E-state index contributed by atoms with van der Waals surface area (Å²) < 4.78 is 26.0. The number of hydrogen-bond donors (Lipinski definition) is 1. The lowest BCUT2D eigenvalue weighted by atomic mass is 10.1. The van der Waals surface area contributed by atoms with Gasteiger partial charge in [0.1, 0.15) is 5.69 Å². The molecule has 0 atom stereocenters. The SMILES string of the molecule is Cc1nc(N)nc(-c2ccc(F)c(F)c2)c1[N+](=O)[O-]. The molecule has 0 saturated carbocycles. The molecule has 0 fully saturated rings. The molecular formula is C11H8F2N4O2. The molecule has 19 heavy (non-hydrogen) atoms. The summed E-state index contributed by atoms with van der Waals surface area (Å²) in [6.07, 6.45) is 0. The molecule has 0 amide bonds. The lowest BCUT2D eigenvalue weighted by Crippen LogP contribution is -2.05. The van der Waals surface area contributed by atoms with E-state index in [1.807, 2.05) is 0 Å². The smallest absolute Gasteiger partial charge is 0.316 e. The van der Waals surface area contributed by atoms with Crippen LogP contribution in [0.5, 0.6) is 0 Å². The van der Waals surface area contributed by atoms with Crippen LogP contribution in [0.25, 0.3) is 11.3 Å². The van der Waals surface area contributed by atoms with E-state index < -0.39 is 16.6 Å². The van der Waals surface area contributed by atoms with Gasteiger partial charge in [-0.15, -0.1) is 0 Å². The average molecular weight is 266 g/mol. The fourth-order valence-electron chi connectivity index (χ4n) is 1.65. The van der Waals surface area contributed by atoms with Crippen molar-refractivity contribution in [2.75, 3.05) is 5.73 Å². The highest BCUT2D eigenvalue weighted by atomic mass is 19.2. The van der Waals surface area contributed by atoms with E-state index in [2.05, 4.69) is 9.97 Å². The standard InChI is InChI=1S/C11H8F2N4O2/c1-5-10(17(18)19)9(16-11(14)15-5)6-2-3-7(12)8(13)4-6/h2-4H,1H3,(H2,14,15,16). The van der Waals surface area contributed by atoms with E-state index in [0.29, 0.717) is 0 Å². The minimum atomic E-state index is -1.12. The van der Waals surface area contributed by atoms with Gasteiger partial charge in [-0.1, -0.05) is 0 Å². The third-order valence-corrected chi connectivity index (χ3v) is 2.45. The van der Waals surface area contributed by atoms with Gasteiger partial charge in [0.2, 0.25) is 5.95 Å². The maximum atomic E-state index is 13.2. The molecule has 0 aliphatic heterocycles. The van der Waals surface area contributed by atoms with Crippen LogP contribution in [-0.2, 0) is 0 Å². The number of nitro groups is 1. The summed E-state index contributed by atoms with van der Waals surface area (Å²) in [6.45, 7) is 1.39. The number of halogens is 2. The van der Waals surface area contributed by atoms with Gasteiger partial charge in [-0.2, -0.15) is 0 Å². The summed E-state index contributed by atoms with van der Waals surface area (Å²) in [4.78, 5) is 17.7. The highest BCUT2D eigenvalue weighted by Crippen LogP contribution is 2.31. The Hall–Kier alpha value is -2.64. The minimum absolute atomic E-state index is 0.0530. The predicted octanol–water partition coefficient (Wildman–Crippen LogP) is 2.22. The number of anilines is 1. The third kappa shape index (κ3) is 2.32. The Morgan fingerprint density at radius 3 is 2.53 bits per heavy atom. The van der Waals surface area contributed by atoms with E-state index in [1.165, 1.54) is 13.0 Å². The van der Waals surface area contributed by atoms with E-state index in [4.69, 9.17) is 5.73 Å². The van der Waals surface area contributed by atoms with Crippen LogP contribution in [-0.4, -0.2) is 14.9 Å². The van der Waals surface area contributed by atoms with Crippen LogP contribution in [0.2, 0.25) is 0 Å². The first-order chi connectivity index (χ1) is 8.90. The van der Waals surface area contributed by atoms with Crippen molar-refractivity contribution in [1.29, 1.82) is 0 Å². The highest BCUT2D eigenvalue weighted by Gasteiger charge is 2.23. The molecule has 0 radical (unpaired) electrons. The fourth-order valence-corrected chi connectivity index (χ4v) is 1.65. The molecule has 1 heterocycles. The fraction of sp³-hybridized carbons (Fsp3) is 0.0909. The van der Waals surface area contributed by atoms with E-state index in [-0.39, 0.29) is 28.6 Å². The van der Waals surface area contributed by atoms with E-state index in [9.17, 15) is 18.9 Å². The van der Waals surface area contributed by atoms with Gasteiger partial charge in [0, 0.05) is 5.56 Å². The van der Waals surface area contributed by atoms with Crippen LogP contribution in [0, 0.1) is 28.7 Å². The quantitative estimate of drug-likeness (QED) is 0.664. The molecule has 0 saturated heterocycles. The molecule has 2 rings (SSSR count). The van der Waals surface area contributed by atoms with Gasteiger partial charge >= 0.3 is 5.69 Å². The van der Waals surface area contributed by atoms with Crippen LogP contribution < -0.4 is 5.73 Å². The topological polar surface area (TPSA) is 94.9 Å². The second-order valence-corrected chi connectivity index (χ2v) is 3.75. The van der Waals surface area contributed by atoms with Gasteiger partial charge < -0.3 is 5.73 Å². The van der Waals surface area contributed by atoms with Crippen molar-refractivity contribution in [1.82, 2.24) is 9.97 Å². The monoisotopic (exact) mass is 266 g/mol. The molecule has 2 N–H and O–H groups in total. The second kappa shape index (κ2) is 4.56. The summed E-state index contributed by atoms with van der Waals surface area (Å²) in [5, 5.41) is 11.0. The van der Waals surface area contributed by atoms with Crippen LogP contribution >= 0.6 is 0 Å². The van der Waals surface area contributed by atoms with Crippen molar-refractivity contribution in [3.63, 3.8) is 0 Å². The number of nitrogens with zero attached hydrogens (tertiary/aromatic N) is 3. The number of aryl methyl sites for hydroxylation is 1. The zero-order valence-electron chi connectivity index (χ0n) is 9.72. The van der Waals surface area contributed by atoms with Crippen LogP contribution in [0.15, 0.2) is 18.2 Å². The molecule has 1 aromatic heterocycles. The molecule has 0 aliphatic carbocycles. The van der Waals surface area contributed by atoms with Gasteiger partial charge in [-0.25, -0.2) is 18.7 Å². The summed E-state index contributed by atoms with van der Waals surface area (Å²) in [6, 6.07) is 2.87. The first kappa shape index (κ1) is 12.8. The summed E-state index contributed by atoms with van der Waals surface area (Å²) >= 11 is 0. The zero-order valence-corrected chi connectivity index (χ0v) is 9.72. The summed E-state index contributed by atoms with van der Waals surface area (Å²) in [5.41, 5.74) is 5.00. The van der Waals surface area contributed by atoms with Crippen molar-refractivity contribution >= 4 is 11.6 Å². The Labute approximate surface area is 106 Å². The van der Waals surface area contributed by atoms with Gasteiger partial charge in [-0.05, 0) is 25.1 Å². The zero-order chi connectivity index (χ0) is 14.2. The number of nitrogens with two attached hydrogens (primary N) is 1. The number of benzene rings is 1. The van der Waals surface area contributed by atoms with Crippen molar-refractivity contribution in [3.8, 4) is 11.3 Å². The van der Waals surface area contributed by atoms with Crippen LogP contribution in [0.3, 0.4) is 0 Å². The first-order valence-electron chi connectivity index (χ1n) is 5.14. The summed E-state index contributed by atoms with van der Waals surface area (Å²) in [5.74, 6) is -2.35. The molecule has 1 aromatic carbocycles. The van der Waals surface area contributed by atoms with Crippen molar-refractivity contribution < 1.29 is 13.7 Å². The normalized spacial score (nSPS) is 10.5. The van der Waals surface area contributed by atoms with Crippen molar-refractivity contribution in [2.45, 2.75) is 6.92 Å². The van der Waals surface area contributed by atoms with Gasteiger partial charge in [0.25, 0.3) is 0 Å². The molecular weight excluding hydrogens is 258 g/mol. The van der Waals surface area contributed by atoms with Gasteiger partial charge in [0.05, 0.1) is 4.92 Å². The second-order valence-electron chi connectivity index (χ2n) is 3.75. The average Bonchev–Trinajstić information content (AvgIpc) is 2.31. The third-order valence-electron chi connectivity index (χ3n) is 2.45. The number of rotatable bonds is 2. The Bertz CT molecular complexity index is 676. The lowest BCUT2D eigenvalue weighted by Gasteiger charge is -2.06. The molecule has 6 nitrogen and oxygen atoms in total. The minimum Gasteiger partial charge on any atom is -0.368 e. The largest absolute Gasteiger partial charge is 0.368 e. The molecule has 0 spiro atoms. The first-order valence-corrected chi connectivity index (χ1v) is 5.14. The number of hydrogen-bond acceptors (Lipinski definition) is 5. The van der Waals surface area contributed by atoms with Gasteiger partial charge in [0.15, 0.2) is 17.3 Å². The Morgan fingerprint density at radius 1 is 1.26 bits per heavy atom. The van der Waals surface area contributed by atoms with E-state index in [1.54, 1.807) is 0 Å². The van der Waals surface area contributed by atoms with Gasteiger partial charge in [-0.3, -0.25) is 10.1 Å². The van der Waals surface area contributed by atoms with Crippen molar-refractivity contribution in [3.05, 3.63) is 45.6 Å². The maximum absolute atomic E-state index is 13.2. The molecule has 0 unspecified atom stereocenters. The highest BCUT2D eigenvalue weighted by molar-refractivity contribution is 5.71. The summed E-state index contributed by atoms with van der Waals surface area (Å²) in [7, 11) is 0. The molecule has 2 aromatic rings. The Kier molecular flexibility index (Phi) is 3.07. The molecule has 0 bridgehead atoms. The van der Waals surface area contributed by atoms with Crippen LogP contribution in [0.1, 0.15) is 5.69 Å². The molecule has 0 aliphatic rings. The van der Waals surface area contributed by atoms with Crippen molar-refractivity contribution in [2.24, 2.45) is 0 Å². The van der Waals surface area contributed by atoms with E-state index in [0.717, 1.165) is 12.1 Å². The van der Waals surface area contributed by atoms with Crippen LogP contribution in [0.4, 0.5) is 20.4 Å². The Morgan fingerprint density at radius 2 is 1.95 bits per heavy atom. The van der Waals surface area contributed by atoms with E-state index >= 15 is 0 Å². The molecule has 98 valence electrons. The number of nitrogen functional groups attached to an aromatic ring is 1. The Balaban J connectivity index is 2.73. The number of aromatic nitrogens is 2.